The van der Waals surface area contributed by atoms with Crippen LogP contribution in [0.15, 0.2) is 67.0 Å². The van der Waals surface area contributed by atoms with Crippen molar-refractivity contribution in [3.05, 3.63) is 103 Å². The molecule has 0 saturated carbocycles. The van der Waals surface area contributed by atoms with Gasteiger partial charge in [-0.15, -0.1) is 0 Å². The van der Waals surface area contributed by atoms with Crippen LogP contribution in [0.2, 0.25) is 0 Å². The van der Waals surface area contributed by atoms with E-state index in [1.54, 1.807) is 6.92 Å². The zero-order valence-electron chi connectivity index (χ0n) is 20.5. The molecule has 0 radical (unpaired) electrons. The lowest BCUT2D eigenvalue weighted by atomic mass is 9.90. The number of rotatable bonds is 7. The molecule has 10 nitrogen and oxygen atoms in total. The summed E-state index contributed by atoms with van der Waals surface area (Å²) in [5.74, 6) is -3.23. The van der Waals surface area contributed by atoms with Crippen molar-refractivity contribution in [1.82, 2.24) is 0 Å². The normalized spacial score (nSPS) is 12.3. The van der Waals surface area contributed by atoms with Crippen LogP contribution in [-0.2, 0) is 0 Å². The molecule has 2 heterocycles. The van der Waals surface area contributed by atoms with E-state index in [4.69, 9.17) is 8.83 Å². The van der Waals surface area contributed by atoms with Crippen LogP contribution in [0.3, 0.4) is 0 Å². The first-order valence-corrected chi connectivity index (χ1v) is 11.7. The number of benzene rings is 2. The Kier molecular flexibility index (Phi) is 7.48. The van der Waals surface area contributed by atoms with E-state index in [-0.39, 0.29) is 52.1 Å². The average molecular weight is 533 g/mol. The van der Waals surface area contributed by atoms with Crippen LogP contribution >= 0.6 is 0 Å². The highest BCUT2D eigenvalue weighted by atomic mass is 16.4. The Morgan fingerprint density at radius 2 is 1.00 bits per heavy atom. The molecule has 0 aliphatic heterocycles. The second-order valence-corrected chi connectivity index (χ2v) is 8.59. The van der Waals surface area contributed by atoms with E-state index in [0.29, 0.717) is 11.1 Å². The zero-order valence-corrected chi connectivity index (χ0v) is 20.5. The molecule has 0 spiro atoms. The fraction of sp³-hybridized carbons (Fsp3) is 0.103. The predicted octanol–water partition coefficient (Wildman–Crippen LogP) is 4.71. The van der Waals surface area contributed by atoms with E-state index in [1.165, 1.54) is 72.8 Å². The van der Waals surface area contributed by atoms with Crippen molar-refractivity contribution in [2.75, 3.05) is 0 Å². The highest BCUT2D eigenvalue weighted by molar-refractivity contribution is 5.70. The largest absolute Gasteiger partial charge is 0.507 e. The first kappa shape index (κ1) is 26.7. The maximum absolute atomic E-state index is 12.8. The van der Waals surface area contributed by atoms with Crippen LogP contribution in [0.1, 0.15) is 53.0 Å². The maximum atomic E-state index is 12.8. The van der Waals surface area contributed by atoms with Crippen LogP contribution in [-0.4, -0.2) is 30.6 Å². The Labute approximate surface area is 220 Å². The summed E-state index contributed by atoms with van der Waals surface area (Å²) in [5, 5.41) is 59.4. The molecule has 10 heteroatoms. The van der Waals surface area contributed by atoms with Crippen LogP contribution in [0.4, 0.5) is 0 Å². The standard InChI is InChI=1S/C29H24O10/c1-2-19(26-24(34)13-17(38-28(26)36)7-3-15-5-9-20(30)22(32)11-15)27-25(35)14-18(39-29(27)37)8-4-16-6-10-21(31)23(33)12-16/h3-14,19,30-35H,2H2,1H3. The maximum Gasteiger partial charge on any atom is 0.343 e. The molecule has 0 aliphatic carbocycles. The zero-order chi connectivity index (χ0) is 28.3. The molecule has 6 N–H and O–H groups in total. The van der Waals surface area contributed by atoms with E-state index in [9.17, 15) is 40.2 Å². The minimum Gasteiger partial charge on any atom is -0.507 e. The van der Waals surface area contributed by atoms with Gasteiger partial charge in [-0.2, -0.15) is 0 Å². The van der Waals surface area contributed by atoms with Gasteiger partial charge in [0.25, 0.3) is 0 Å². The van der Waals surface area contributed by atoms with Crippen molar-refractivity contribution >= 4 is 24.3 Å². The molecule has 0 unspecified atom stereocenters. The van der Waals surface area contributed by atoms with Gasteiger partial charge in [0.05, 0.1) is 11.1 Å². The topological polar surface area (TPSA) is 182 Å². The molecule has 0 amide bonds. The molecule has 2 aromatic heterocycles. The summed E-state index contributed by atoms with van der Waals surface area (Å²) in [6.45, 7) is 1.65. The Morgan fingerprint density at radius 1 is 0.590 bits per heavy atom. The van der Waals surface area contributed by atoms with E-state index in [0.717, 1.165) is 0 Å². The number of hydrogen-bond donors (Lipinski definition) is 6. The third-order valence-electron chi connectivity index (χ3n) is 5.95. The van der Waals surface area contributed by atoms with Crippen LogP contribution < -0.4 is 11.3 Å². The summed E-state index contributed by atoms with van der Waals surface area (Å²) >= 11 is 0. The third-order valence-corrected chi connectivity index (χ3v) is 5.95. The molecular weight excluding hydrogens is 508 g/mol. The van der Waals surface area contributed by atoms with E-state index in [1.807, 2.05) is 0 Å². The lowest BCUT2D eigenvalue weighted by Crippen LogP contribution is -2.20. The monoisotopic (exact) mass is 532 g/mol. The fourth-order valence-electron chi connectivity index (χ4n) is 4.02. The number of aromatic hydroxyl groups is 6. The second kappa shape index (κ2) is 10.9. The van der Waals surface area contributed by atoms with Crippen molar-refractivity contribution in [2.24, 2.45) is 0 Å². The van der Waals surface area contributed by atoms with Crippen molar-refractivity contribution in [1.29, 1.82) is 0 Å². The summed E-state index contributed by atoms with van der Waals surface area (Å²) < 4.78 is 10.6. The lowest BCUT2D eigenvalue weighted by Gasteiger charge is -2.16. The Balaban J connectivity index is 1.64. The van der Waals surface area contributed by atoms with Crippen LogP contribution in [0.25, 0.3) is 24.3 Å². The SMILES string of the molecule is CCC(c1c(O)cc(C=Cc2ccc(O)c(O)c2)oc1=O)c1c(O)cc(C=Cc2ccc(O)c(O)c2)oc1=O. The van der Waals surface area contributed by atoms with Gasteiger partial charge in [-0.25, -0.2) is 9.59 Å². The van der Waals surface area contributed by atoms with E-state index >= 15 is 0 Å². The van der Waals surface area contributed by atoms with Gasteiger partial charge in [-0.3, -0.25) is 0 Å². The smallest absolute Gasteiger partial charge is 0.343 e. The highest BCUT2D eigenvalue weighted by Crippen LogP contribution is 2.35. The number of hydrogen-bond acceptors (Lipinski definition) is 10. The van der Waals surface area contributed by atoms with Gasteiger partial charge in [0, 0.05) is 18.1 Å². The minimum absolute atomic E-state index is 0.0133. The van der Waals surface area contributed by atoms with E-state index < -0.39 is 28.7 Å². The first-order chi connectivity index (χ1) is 18.6. The van der Waals surface area contributed by atoms with Gasteiger partial charge in [0.1, 0.15) is 23.0 Å². The summed E-state index contributed by atoms with van der Waals surface area (Å²) in [6.07, 6.45) is 5.86. The number of phenolic OH excluding ortho intramolecular Hbond substituents is 4. The quantitative estimate of drug-likeness (QED) is 0.182. The van der Waals surface area contributed by atoms with Crippen molar-refractivity contribution < 1.29 is 39.5 Å². The molecule has 200 valence electrons. The summed E-state index contributed by atoms with van der Waals surface area (Å²) in [7, 11) is 0. The minimum atomic E-state index is -1.04. The molecule has 0 bridgehead atoms. The average Bonchev–Trinajstić information content (AvgIpc) is 2.88. The molecule has 0 fully saturated rings. The molecule has 39 heavy (non-hydrogen) atoms. The molecule has 2 aromatic carbocycles. The third kappa shape index (κ3) is 5.80. The first-order valence-electron chi connectivity index (χ1n) is 11.7. The Morgan fingerprint density at radius 3 is 1.33 bits per heavy atom. The molecule has 4 rings (SSSR count). The molecule has 0 aliphatic rings. The molecular formula is C29H24O10. The summed E-state index contributed by atoms with van der Waals surface area (Å²) in [4.78, 5) is 25.7. The predicted molar refractivity (Wildman–Crippen MR) is 143 cm³/mol. The fourth-order valence-corrected chi connectivity index (χ4v) is 4.02. The Bertz CT molecular complexity index is 1580. The van der Waals surface area contributed by atoms with E-state index in [2.05, 4.69) is 0 Å². The molecule has 4 aromatic rings. The highest BCUT2D eigenvalue weighted by Gasteiger charge is 2.28. The van der Waals surface area contributed by atoms with Crippen molar-refractivity contribution in [3.63, 3.8) is 0 Å². The molecule has 0 saturated heterocycles. The van der Waals surface area contributed by atoms with Gasteiger partial charge < -0.3 is 39.5 Å². The lowest BCUT2D eigenvalue weighted by molar-refractivity contribution is 0.403. The molecule has 0 atom stereocenters. The summed E-state index contributed by atoms with van der Waals surface area (Å²) in [5.41, 5.74) is -1.34. The van der Waals surface area contributed by atoms with Crippen LogP contribution in [0, 0.1) is 0 Å². The van der Waals surface area contributed by atoms with Gasteiger partial charge in [-0.05, 0) is 54.0 Å². The van der Waals surface area contributed by atoms with Gasteiger partial charge >= 0.3 is 11.3 Å². The van der Waals surface area contributed by atoms with Crippen molar-refractivity contribution in [2.45, 2.75) is 19.3 Å². The summed E-state index contributed by atoms with van der Waals surface area (Å²) in [6, 6.07) is 10.5. The van der Waals surface area contributed by atoms with Crippen molar-refractivity contribution in [3.8, 4) is 34.5 Å². The number of phenols is 4. The van der Waals surface area contributed by atoms with Crippen LogP contribution in [0.5, 0.6) is 34.5 Å². The second-order valence-electron chi connectivity index (χ2n) is 8.59. The van der Waals surface area contributed by atoms with Gasteiger partial charge in [0.2, 0.25) is 0 Å². The van der Waals surface area contributed by atoms with Gasteiger partial charge in [-0.1, -0.05) is 31.2 Å². The van der Waals surface area contributed by atoms with Gasteiger partial charge in [0.15, 0.2) is 23.0 Å². The Hall–Kier alpha value is -5.38.